The van der Waals surface area contributed by atoms with Crippen molar-refractivity contribution in [2.75, 3.05) is 22.9 Å². The van der Waals surface area contributed by atoms with Crippen molar-refractivity contribution in [2.45, 2.75) is 16.9 Å². The summed E-state index contributed by atoms with van der Waals surface area (Å²) < 4.78 is 0. The quantitative estimate of drug-likeness (QED) is 0.108. The van der Waals surface area contributed by atoms with Gasteiger partial charge in [0.05, 0.1) is 0 Å². The fourth-order valence-corrected chi connectivity index (χ4v) is 5.61. The van der Waals surface area contributed by atoms with Crippen LogP contribution in [0.2, 0.25) is 0 Å². The van der Waals surface area contributed by atoms with Crippen LogP contribution in [0.4, 0.5) is 22.7 Å². The molecule has 42 heavy (non-hydrogen) atoms. The number of anilines is 4. The van der Waals surface area contributed by atoms with E-state index in [9.17, 15) is 0 Å². The fourth-order valence-electron chi connectivity index (χ4n) is 4.46. The third-order valence-electron chi connectivity index (χ3n) is 6.53. The molecule has 8 rings (SSSR count). The van der Waals surface area contributed by atoms with Crippen LogP contribution in [-0.2, 0) is 6.42 Å². The summed E-state index contributed by atoms with van der Waals surface area (Å²) in [6.07, 6.45) is 1.28. The first-order valence-corrected chi connectivity index (χ1v) is 14.8. The molecule has 0 aromatic heterocycles. The van der Waals surface area contributed by atoms with E-state index < -0.39 is 0 Å². The molecule has 1 heterocycles. The molecule has 8 N–H and O–H groups in total. The molecule has 1 fully saturated rings. The molecule has 6 aromatic rings. The summed E-state index contributed by atoms with van der Waals surface area (Å²) >= 11 is 2.13. The Morgan fingerprint density at radius 1 is 0.429 bits per heavy atom. The van der Waals surface area contributed by atoms with Gasteiger partial charge < -0.3 is 22.9 Å². The number of thioether (sulfide) groups is 1. The molecule has 2 aliphatic rings. The van der Waals surface area contributed by atoms with Gasteiger partial charge in [-0.25, -0.2) is 0 Å². The first-order chi connectivity index (χ1) is 20.5. The Hall–Kier alpha value is -4.87. The van der Waals surface area contributed by atoms with Crippen LogP contribution in [0.15, 0.2) is 158 Å². The van der Waals surface area contributed by atoms with Crippen molar-refractivity contribution in [2.24, 2.45) is 0 Å². The highest BCUT2D eigenvalue weighted by molar-refractivity contribution is 8.07. The van der Waals surface area contributed by atoms with Gasteiger partial charge in [0.25, 0.3) is 0 Å². The van der Waals surface area contributed by atoms with Gasteiger partial charge in [0.2, 0.25) is 0 Å². The number of benzene rings is 6. The van der Waals surface area contributed by atoms with Crippen LogP contribution in [0.5, 0.6) is 0 Å². The topological polar surface area (TPSA) is 104 Å². The molecule has 0 bridgehead atoms. The van der Waals surface area contributed by atoms with Gasteiger partial charge in [0, 0.05) is 33.2 Å². The van der Waals surface area contributed by atoms with Crippen LogP contribution < -0.4 is 22.9 Å². The van der Waals surface area contributed by atoms with Crippen LogP contribution in [-0.4, -0.2) is 5.25 Å². The summed E-state index contributed by atoms with van der Waals surface area (Å²) in [7, 11) is 0. The Morgan fingerprint density at radius 3 is 1.17 bits per heavy atom. The summed E-state index contributed by atoms with van der Waals surface area (Å²) in [5.41, 5.74) is 27.9. The van der Waals surface area contributed by atoms with Gasteiger partial charge >= 0.3 is 0 Å². The number of nitrogen functional groups attached to an aromatic ring is 4. The van der Waals surface area contributed by atoms with E-state index in [1.54, 1.807) is 16.5 Å². The lowest BCUT2D eigenvalue weighted by atomic mass is 9.89. The van der Waals surface area contributed by atoms with Crippen molar-refractivity contribution < 1.29 is 0 Å². The van der Waals surface area contributed by atoms with Gasteiger partial charge in [-0.2, -0.15) is 0 Å². The smallest absolute Gasteiger partial charge is 0.0429 e. The van der Waals surface area contributed by atoms with Gasteiger partial charge in [0.1, 0.15) is 0 Å². The van der Waals surface area contributed by atoms with E-state index >= 15 is 0 Å². The van der Waals surface area contributed by atoms with Crippen molar-refractivity contribution in [1.82, 2.24) is 0 Å². The van der Waals surface area contributed by atoms with Crippen molar-refractivity contribution in [3.8, 4) is 0 Å². The van der Waals surface area contributed by atoms with Crippen molar-refractivity contribution in [3.63, 3.8) is 0 Å². The van der Waals surface area contributed by atoms with Crippen molar-refractivity contribution in [1.29, 1.82) is 0 Å². The second kappa shape index (κ2) is 15.8. The molecule has 0 saturated carbocycles. The zero-order valence-electron chi connectivity index (χ0n) is 23.6. The molecule has 1 aliphatic heterocycles. The number of rotatable bonds is 0. The summed E-state index contributed by atoms with van der Waals surface area (Å²) in [6, 6.07) is 51.4. The molecular formula is C37H38N4S. The number of hydrogen-bond acceptors (Lipinski definition) is 5. The minimum atomic E-state index is 0.814. The highest BCUT2D eigenvalue weighted by atomic mass is 32.2. The monoisotopic (exact) mass is 570 g/mol. The maximum absolute atomic E-state index is 5.36. The second-order valence-corrected chi connectivity index (χ2v) is 11.2. The number of hydrogen-bond donors (Lipinski definition) is 4. The average molecular weight is 571 g/mol. The van der Waals surface area contributed by atoms with Crippen LogP contribution in [0.3, 0.4) is 0 Å². The SMILES string of the molecule is Nc1ccccc1.Nc1ccccc1.Nc1ccccc1.Nc1ccccc1.c1cc2c3c(cccc3c1)C1SC1C2. The predicted octanol–water partition coefficient (Wildman–Crippen LogP) is 8.63. The Bertz CT molecular complexity index is 1460. The average Bonchev–Trinajstić information content (AvgIpc) is 3.81. The predicted molar refractivity (Wildman–Crippen MR) is 185 cm³/mol. The minimum absolute atomic E-state index is 0.814. The Morgan fingerprint density at radius 2 is 0.810 bits per heavy atom. The zero-order valence-corrected chi connectivity index (χ0v) is 24.4. The number of nitrogens with two attached hydrogens (primary N) is 4. The molecule has 1 saturated heterocycles. The van der Waals surface area contributed by atoms with E-state index in [1.807, 2.05) is 121 Å². The molecule has 0 radical (unpaired) electrons. The normalized spacial score (nSPS) is 14.9. The summed E-state index contributed by atoms with van der Waals surface area (Å²) in [4.78, 5) is 0. The first-order valence-electron chi connectivity index (χ1n) is 13.9. The highest BCUT2D eigenvalue weighted by Crippen LogP contribution is 2.60. The fraction of sp³-hybridized carbons (Fsp3) is 0.0811. The van der Waals surface area contributed by atoms with Crippen LogP contribution >= 0.6 is 11.8 Å². The Kier molecular flexibility index (Phi) is 11.3. The van der Waals surface area contributed by atoms with Gasteiger partial charge in [-0.3, -0.25) is 0 Å². The van der Waals surface area contributed by atoms with Crippen molar-refractivity contribution in [3.05, 3.63) is 169 Å². The third-order valence-corrected chi connectivity index (χ3v) is 7.88. The van der Waals surface area contributed by atoms with E-state index in [-0.39, 0.29) is 0 Å². The van der Waals surface area contributed by atoms with E-state index in [1.165, 1.54) is 11.8 Å². The Balaban J connectivity index is 0.000000127. The van der Waals surface area contributed by atoms with E-state index in [0.29, 0.717) is 0 Å². The molecule has 2 atom stereocenters. The number of fused-ring (bicyclic) bond motifs is 2. The molecule has 0 spiro atoms. The molecule has 1 aliphatic carbocycles. The van der Waals surface area contributed by atoms with Crippen molar-refractivity contribution >= 4 is 45.3 Å². The van der Waals surface area contributed by atoms with Gasteiger partial charge in [0.15, 0.2) is 0 Å². The third kappa shape index (κ3) is 9.65. The molecule has 4 nitrogen and oxygen atoms in total. The number of para-hydroxylation sites is 4. The van der Waals surface area contributed by atoms with E-state index in [4.69, 9.17) is 22.9 Å². The maximum Gasteiger partial charge on any atom is 0.0429 e. The molecular weight excluding hydrogens is 533 g/mol. The second-order valence-electron chi connectivity index (χ2n) is 9.80. The van der Waals surface area contributed by atoms with Crippen LogP contribution in [0.25, 0.3) is 10.8 Å². The standard InChI is InChI=1S/C13H10S.4C6H7N/c1-3-8-4-2-6-10-12(8)9(5-1)7-11-13(10)14-11;4*7-6-4-2-1-3-5-6/h1-6,11,13H,7H2;4*1-5H,7H2. The molecule has 2 unspecified atom stereocenters. The van der Waals surface area contributed by atoms with Gasteiger partial charge in [-0.15, -0.1) is 11.8 Å². The first kappa shape index (κ1) is 30.1. The molecule has 6 aromatic carbocycles. The zero-order chi connectivity index (χ0) is 29.6. The summed E-state index contributed by atoms with van der Waals surface area (Å²) in [5, 5.41) is 4.66. The van der Waals surface area contributed by atoms with E-state index in [0.717, 1.165) is 33.2 Å². The lowest BCUT2D eigenvalue weighted by Crippen LogP contribution is -2.03. The summed E-state index contributed by atoms with van der Waals surface area (Å²) in [5.74, 6) is 0. The Labute approximate surface area is 253 Å². The molecule has 5 heteroatoms. The van der Waals surface area contributed by atoms with E-state index in [2.05, 4.69) is 48.2 Å². The molecule has 212 valence electrons. The lowest BCUT2D eigenvalue weighted by Gasteiger charge is -2.14. The largest absolute Gasteiger partial charge is 0.399 e. The van der Waals surface area contributed by atoms with Gasteiger partial charge in [-0.05, 0) is 76.9 Å². The minimum Gasteiger partial charge on any atom is -0.399 e. The highest BCUT2D eigenvalue weighted by Gasteiger charge is 2.43. The lowest BCUT2D eigenvalue weighted by molar-refractivity contribution is 0.903. The van der Waals surface area contributed by atoms with Gasteiger partial charge in [-0.1, -0.05) is 109 Å². The summed E-state index contributed by atoms with van der Waals surface area (Å²) in [6.45, 7) is 0. The van der Waals surface area contributed by atoms with Crippen LogP contribution in [0, 0.1) is 0 Å². The van der Waals surface area contributed by atoms with Crippen LogP contribution in [0.1, 0.15) is 16.4 Å². The maximum atomic E-state index is 5.36. The molecule has 0 amide bonds.